The lowest BCUT2D eigenvalue weighted by Crippen LogP contribution is -2.19. The molecule has 0 fully saturated rings. The van der Waals surface area contributed by atoms with Crippen LogP contribution in [0.15, 0.2) is 29.0 Å². The molecule has 1 atom stereocenters. The van der Waals surface area contributed by atoms with Gasteiger partial charge in [0.15, 0.2) is 5.82 Å². The van der Waals surface area contributed by atoms with Crippen molar-refractivity contribution in [1.82, 2.24) is 20.4 Å². The van der Waals surface area contributed by atoms with Gasteiger partial charge in [0.25, 0.3) is 0 Å². The molecule has 15 heavy (non-hydrogen) atoms. The predicted octanol–water partition coefficient (Wildman–Crippen LogP) is 1.08. The molecule has 0 spiro atoms. The monoisotopic (exact) mass is 204 g/mol. The van der Waals surface area contributed by atoms with Crippen LogP contribution >= 0.6 is 0 Å². The van der Waals surface area contributed by atoms with Gasteiger partial charge in [-0.2, -0.15) is 4.98 Å². The molecule has 0 bridgehead atoms. The second-order valence-electron chi connectivity index (χ2n) is 3.17. The van der Waals surface area contributed by atoms with Crippen LogP contribution in [0.25, 0.3) is 0 Å². The Morgan fingerprint density at radius 3 is 2.60 bits per heavy atom. The molecule has 0 aliphatic rings. The first-order valence-electron chi connectivity index (χ1n) is 4.68. The maximum atomic E-state index is 4.95. The molecule has 0 aliphatic carbocycles. The lowest BCUT2D eigenvalue weighted by Gasteiger charge is -2.11. The van der Waals surface area contributed by atoms with Gasteiger partial charge in [-0.25, -0.2) is 0 Å². The van der Waals surface area contributed by atoms with Crippen LogP contribution in [0, 0.1) is 6.92 Å². The van der Waals surface area contributed by atoms with Crippen LogP contribution in [0.2, 0.25) is 0 Å². The fraction of sp³-hybridized carbons (Fsp3) is 0.300. The SMILES string of the molecule is CNC(c1ccncc1)c1noc(C)n1. The fourth-order valence-corrected chi connectivity index (χ4v) is 1.43. The largest absolute Gasteiger partial charge is 0.340 e. The Balaban J connectivity index is 2.33. The minimum atomic E-state index is -0.0505. The molecule has 2 rings (SSSR count). The van der Waals surface area contributed by atoms with Gasteiger partial charge >= 0.3 is 0 Å². The van der Waals surface area contributed by atoms with Crippen LogP contribution < -0.4 is 5.32 Å². The summed E-state index contributed by atoms with van der Waals surface area (Å²) in [4.78, 5) is 8.17. The van der Waals surface area contributed by atoms with Crippen molar-refractivity contribution in [3.8, 4) is 0 Å². The third-order valence-corrected chi connectivity index (χ3v) is 2.13. The molecule has 2 aromatic rings. The Labute approximate surface area is 87.5 Å². The van der Waals surface area contributed by atoms with Crippen molar-refractivity contribution >= 4 is 0 Å². The molecule has 0 saturated heterocycles. The van der Waals surface area contributed by atoms with Gasteiger partial charge in [-0.1, -0.05) is 5.16 Å². The number of nitrogens with zero attached hydrogens (tertiary/aromatic N) is 3. The van der Waals surface area contributed by atoms with E-state index in [1.165, 1.54) is 0 Å². The molecular formula is C10H12N4O. The third-order valence-electron chi connectivity index (χ3n) is 2.13. The first kappa shape index (κ1) is 9.79. The lowest BCUT2D eigenvalue weighted by atomic mass is 10.1. The molecule has 0 saturated carbocycles. The summed E-state index contributed by atoms with van der Waals surface area (Å²) in [7, 11) is 1.86. The molecule has 0 radical (unpaired) electrons. The summed E-state index contributed by atoms with van der Waals surface area (Å²) >= 11 is 0. The van der Waals surface area contributed by atoms with E-state index in [1.807, 2.05) is 19.2 Å². The topological polar surface area (TPSA) is 63.8 Å². The quantitative estimate of drug-likeness (QED) is 0.810. The van der Waals surface area contributed by atoms with Crippen LogP contribution in [-0.4, -0.2) is 22.2 Å². The van der Waals surface area contributed by atoms with E-state index < -0.39 is 0 Å². The summed E-state index contributed by atoms with van der Waals surface area (Å²) in [5.41, 5.74) is 1.06. The van der Waals surface area contributed by atoms with Crippen LogP contribution in [0.1, 0.15) is 23.3 Å². The third kappa shape index (κ3) is 2.02. The molecule has 5 heteroatoms. The number of hydrogen-bond acceptors (Lipinski definition) is 5. The van der Waals surface area contributed by atoms with Crippen molar-refractivity contribution in [3.63, 3.8) is 0 Å². The second-order valence-corrected chi connectivity index (χ2v) is 3.17. The van der Waals surface area contributed by atoms with Gasteiger partial charge in [-0.3, -0.25) is 4.98 Å². The van der Waals surface area contributed by atoms with Crippen LogP contribution in [0.5, 0.6) is 0 Å². The van der Waals surface area contributed by atoms with E-state index in [1.54, 1.807) is 19.3 Å². The molecule has 0 amide bonds. The van der Waals surface area contributed by atoms with E-state index in [9.17, 15) is 0 Å². The Bertz CT molecular complexity index is 426. The normalized spacial score (nSPS) is 12.7. The number of aromatic nitrogens is 3. The van der Waals surface area contributed by atoms with Gasteiger partial charge in [0.05, 0.1) is 6.04 Å². The van der Waals surface area contributed by atoms with E-state index in [-0.39, 0.29) is 6.04 Å². The maximum Gasteiger partial charge on any atom is 0.223 e. The second kappa shape index (κ2) is 4.18. The molecular weight excluding hydrogens is 192 g/mol. The summed E-state index contributed by atoms with van der Waals surface area (Å²) in [6, 6.07) is 3.80. The molecule has 1 unspecified atom stereocenters. The maximum absolute atomic E-state index is 4.95. The summed E-state index contributed by atoms with van der Waals surface area (Å²) in [5, 5.41) is 7.03. The van der Waals surface area contributed by atoms with Crippen molar-refractivity contribution in [2.75, 3.05) is 7.05 Å². The fourth-order valence-electron chi connectivity index (χ4n) is 1.43. The standard InChI is InChI=1S/C10H12N4O/c1-7-13-10(14-15-7)9(11-2)8-3-5-12-6-4-8/h3-6,9,11H,1-2H3. The molecule has 1 N–H and O–H groups in total. The molecule has 2 aromatic heterocycles. The molecule has 2 heterocycles. The molecule has 0 aliphatic heterocycles. The Hall–Kier alpha value is -1.75. The van der Waals surface area contributed by atoms with Crippen molar-refractivity contribution in [2.45, 2.75) is 13.0 Å². The summed E-state index contributed by atoms with van der Waals surface area (Å²) in [6.45, 7) is 1.77. The Morgan fingerprint density at radius 2 is 2.07 bits per heavy atom. The zero-order valence-electron chi connectivity index (χ0n) is 8.64. The van der Waals surface area contributed by atoms with Crippen molar-refractivity contribution in [1.29, 1.82) is 0 Å². The van der Waals surface area contributed by atoms with E-state index in [0.717, 1.165) is 5.56 Å². The smallest absolute Gasteiger partial charge is 0.223 e. The lowest BCUT2D eigenvalue weighted by molar-refractivity contribution is 0.383. The Kier molecular flexibility index (Phi) is 2.73. The minimum absolute atomic E-state index is 0.0505. The van der Waals surface area contributed by atoms with Gasteiger partial charge < -0.3 is 9.84 Å². The number of pyridine rings is 1. The first-order chi connectivity index (χ1) is 7.31. The highest BCUT2D eigenvalue weighted by Crippen LogP contribution is 2.17. The first-order valence-corrected chi connectivity index (χ1v) is 4.68. The van der Waals surface area contributed by atoms with E-state index in [0.29, 0.717) is 11.7 Å². The van der Waals surface area contributed by atoms with Gasteiger partial charge in [0, 0.05) is 19.3 Å². The number of aryl methyl sites for hydroxylation is 1. The highest BCUT2D eigenvalue weighted by molar-refractivity contribution is 5.21. The molecule has 5 nitrogen and oxygen atoms in total. The Morgan fingerprint density at radius 1 is 1.33 bits per heavy atom. The van der Waals surface area contributed by atoms with Crippen LogP contribution in [0.3, 0.4) is 0 Å². The molecule has 0 aromatic carbocycles. The number of hydrogen-bond donors (Lipinski definition) is 1. The van der Waals surface area contributed by atoms with Gasteiger partial charge in [-0.05, 0) is 24.7 Å². The summed E-state index contributed by atoms with van der Waals surface area (Å²) in [6.07, 6.45) is 3.49. The van der Waals surface area contributed by atoms with Crippen LogP contribution in [-0.2, 0) is 0 Å². The van der Waals surface area contributed by atoms with Gasteiger partial charge in [-0.15, -0.1) is 0 Å². The van der Waals surface area contributed by atoms with E-state index in [2.05, 4.69) is 20.4 Å². The number of nitrogens with one attached hydrogen (secondary N) is 1. The summed E-state index contributed by atoms with van der Waals surface area (Å²) < 4.78 is 4.95. The number of rotatable bonds is 3. The van der Waals surface area contributed by atoms with Crippen molar-refractivity contribution in [3.05, 3.63) is 41.8 Å². The van der Waals surface area contributed by atoms with Crippen molar-refractivity contribution < 1.29 is 4.52 Å². The van der Waals surface area contributed by atoms with E-state index >= 15 is 0 Å². The average molecular weight is 204 g/mol. The van der Waals surface area contributed by atoms with Gasteiger partial charge in [0.1, 0.15) is 0 Å². The van der Waals surface area contributed by atoms with Crippen molar-refractivity contribution in [2.24, 2.45) is 0 Å². The highest BCUT2D eigenvalue weighted by atomic mass is 16.5. The average Bonchev–Trinajstić information content (AvgIpc) is 2.68. The summed E-state index contributed by atoms with van der Waals surface area (Å²) in [5.74, 6) is 1.21. The zero-order chi connectivity index (χ0) is 10.7. The minimum Gasteiger partial charge on any atom is -0.340 e. The predicted molar refractivity (Wildman–Crippen MR) is 54.2 cm³/mol. The van der Waals surface area contributed by atoms with E-state index in [4.69, 9.17) is 4.52 Å². The van der Waals surface area contributed by atoms with Crippen LogP contribution in [0.4, 0.5) is 0 Å². The molecule has 78 valence electrons. The van der Waals surface area contributed by atoms with Gasteiger partial charge in [0.2, 0.25) is 5.89 Å². The zero-order valence-corrected chi connectivity index (χ0v) is 8.64. The highest BCUT2D eigenvalue weighted by Gasteiger charge is 2.16.